The number of anilines is 1. The van der Waals surface area contributed by atoms with E-state index in [0.29, 0.717) is 30.5 Å². The fraction of sp³-hybridized carbons (Fsp3) is 0.500. The topological polar surface area (TPSA) is 64.4 Å². The summed E-state index contributed by atoms with van der Waals surface area (Å²) in [6.45, 7) is 1.08. The minimum Gasteiger partial charge on any atom is -0.398 e. The molecule has 2 rings (SSSR count). The highest BCUT2D eigenvalue weighted by Gasteiger charge is 2.15. The van der Waals surface area contributed by atoms with E-state index in [0.717, 1.165) is 17.3 Å². The fourth-order valence-electron chi connectivity index (χ4n) is 2.28. The normalized spacial score (nSPS) is 14.8. The molecule has 0 atom stereocenters. The van der Waals surface area contributed by atoms with Crippen molar-refractivity contribution >= 4 is 39.9 Å². The molecule has 0 heterocycles. The largest absolute Gasteiger partial charge is 0.398 e. The van der Waals surface area contributed by atoms with Crippen molar-refractivity contribution in [1.82, 2.24) is 5.32 Å². The van der Waals surface area contributed by atoms with Crippen molar-refractivity contribution in [2.45, 2.75) is 31.8 Å². The van der Waals surface area contributed by atoms with E-state index in [4.69, 9.17) is 10.5 Å². The van der Waals surface area contributed by atoms with Gasteiger partial charge in [-0.1, -0.05) is 28.8 Å². The minimum absolute atomic E-state index is 0. The van der Waals surface area contributed by atoms with Crippen molar-refractivity contribution in [2.75, 3.05) is 18.9 Å². The summed E-state index contributed by atoms with van der Waals surface area (Å²) in [7, 11) is 0. The molecule has 112 valence electrons. The number of hydrogen-bond donors (Lipinski definition) is 2. The van der Waals surface area contributed by atoms with Gasteiger partial charge in [0.25, 0.3) is 5.91 Å². The molecular formula is C14H20BrClN2O2. The van der Waals surface area contributed by atoms with Crippen molar-refractivity contribution in [3.05, 3.63) is 28.2 Å². The summed E-state index contributed by atoms with van der Waals surface area (Å²) in [6, 6.07) is 5.25. The van der Waals surface area contributed by atoms with Crippen molar-refractivity contribution in [1.29, 1.82) is 0 Å². The Labute approximate surface area is 134 Å². The highest BCUT2D eigenvalue weighted by Crippen LogP contribution is 2.20. The van der Waals surface area contributed by atoms with Crippen LogP contribution in [0.3, 0.4) is 0 Å². The standard InChI is InChI=1S/C14H19BrN2O2.ClH/c15-10-5-6-12(13(16)9-10)14(18)17-7-8-19-11-3-1-2-4-11;/h5-6,9,11H,1-4,7-8,16H2,(H,17,18);1H. The van der Waals surface area contributed by atoms with Gasteiger partial charge in [0.15, 0.2) is 0 Å². The third-order valence-corrected chi connectivity index (χ3v) is 3.79. The van der Waals surface area contributed by atoms with Gasteiger partial charge in [-0.25, -0.2) is 0 Å². The summed E-state index contributed by atoms with van der Waals surface area (Å²) < 4.78 is 6.55. The Kier molecular flexibility index (Phi) is 7.34. The molecule has 1 aliphatic carbocycles. The van der Waals surface area contributed by atoms with Crippen LogP contribution in [0, 0.1) is 0 Å². The molecule has 0 aromatic heterocycles. The van der Waals surface area contributed by atoms with Crippen LogP contribution in [0.4, 0.5) is 5.69 Å². The number of carbonyl (C=O) groups is 1. The number of amides is 1. The number of ether oxygens (including phenoxy) is 1. The summed E-state index contributed by atoms with van der Waals surface area (Å²) in [5, 5.41) is 2.82. The smallest absolute Gasteiger partial charge is 0.253 e. The average molecular weight is 364 g/mol. The molecule has 1 aliphatic rings. The Morgan fingerprint density at radius 2 is 2.10 bits per heavy atom. The van der Waals surface area contributed by atoms with E-state index in [1.54, 1.807) is 18.2 Å². The average Bonchev–Trinajstić information content (AvgIpc) is 2.87. The molecule has 0 bridgehead atoms. The first-order valence-corrected chi connectivity index (χ1v) is 7.41. The second-order valence-corrected chi connectivity index (χ2v) is 5.68. The van der Waals surface area contributed by atoms with Gasteiger partial charge >= 0.3 is 0 Å². The van der Waals surface area contributed by atoms with E-state index in [1.807, 2.05) is 0 Å². The molecular weight excluding hydrogens is 344 g/mol. The first-order valence-electron chi connectivity index (χ1n) is 6.61. The quantitative estimate of drug-likeness (QED) is 0.624. The molecule has 1 aromatic rings. The molecule has 3 N–H and O–H groups in total. The molecule has 0 unspecified atom stereocenters. The van der Waals surface area contributed by atoms with Crippen molar-refractivity contribution < 1.29 is 9.53 Å². The maximum Gasteiger partial charge on any atom is 0.253 e. The molecule has 6 heteroatoms. The van der Waals surface area contributed by atoms with Gasteiger partial charge < -0.3 is 15.8 Å². The highest BCUT2D eigenvalue weighted by molar-refractivity contribution is 9.10. The first kappa shape index (κ1) is 17.3. The molecule has 1 saturated carbocycles. The summed E-state index contributed by atoms with van der Waals surface area (Å²) >= 11 is 3.32. The molecule has 4 nitrogen and oxygen atoms in total. The van der Waals surface area contributed by atoms with E-state index >= 15 is 0 Å². The van der Waals surface area contributed by atoms with Crippen LogP contribution >= 0.6 is 28.3 Å². The lowest BCUT2D eigenvalue weighted by Crippen LogP contribution is -2.29. The minimum atomic E-state index is -0.153. The summed E-state index contributed by atoms with van der Waals surface area (Å²) in [5.41, 5.74) is 6.78. The molecule has 1 aromatic carbocycles. The van der Waals surface area contributed by atoms with Crippen LogP contribution in [-0.4, -0.2) is 25.2 Å². The number of nitrogen functional groups attached to an aromatic ring is 1. The maximum atomic E-state index is 11.9. The van der Waals surface area contributed by atoms with Gasteiger partial charge in [-0.05, 0) is 31.0 Å². The number of nitrogens with two attached hydrogens (primary N) is 1. The van der Waals surface area contributed by atoms with Crippen LogP contribution in [0.5, 0.6) is 0 Å². The lowest BCUT2D eigenvalue weighted by Gasteiger charge is -2.12. The summed E-state index contributed by atoms with van der Waals surface area (Å²) in [5.74, 6) is -0.153. The Hall–Kier alpha value is -0.780. The van der Waals surface area contributed by atoms with Crippen LogP contribution in [0.15, 0.2) is 22.7 Å². The number of nitrogens with one attached hydrogen (secondary N) is 1. The summed E-state index contributed by atoms with van der Waals surface area (Å²) in [6.07, 6.45) is 5.19. The van der Waals surface area contributed by atoms with Crippen molar-refractivity contribution in [3.63, 3.8) is 0 Å². The Bertz CT molecular complexity index is 451. The van der Waals surface area contributed by atoms with Crippen LogP contribution in [0.25, 0.3) is 0 Å². The number of hydrogen-bond acceptors (Lipinski definition) is 3. The van der Waals surface area contributed by atoms with Crippen LogP contribution in [0.2, 0.25) is 0 Å². The van der Waals surface area contributed by atoms with Gasteiger partial charge in [-0.3, -0.25) is 4.79 Å². The van der Waals surface area contributed by atoms with Crippen LogP contribution in [-0.2, 0) is 4.74 Å². The van der Waals surface area contributed by atoms with Gasteiger partial charge in [-0.15, -0.1) is 12.4 Å². The maximum absolute atomic E-state index is 11.9. The van der Waals surface area contributed by atoms with Crippen molar-refractivity contribution in [2.24, 2.45) is 0 Å². The van der Waals surface area contributed by atoms with Crippen molar-refractivity contribution in [3.8, 4) is 0 Å². The number of halogens is 2. The van der Waals surface area contributed by atoms with Gasteiger partial charge in [0, 0.05) is 16.7 Å². The van der Waals surface area contributed by atoms with Crippen LogP contribution in [0.1, 0.15) is 36.0 Å². The SMILES string of the molecule is Cl.Nc1cc(Br)ccc1C(=O)NCCOC1CCCC1. The van der Waals surface area contributed by atoms with Gasteiger partial charge in [-0.2, -0.15) is 0 Å². The van der Waals surface area contributed by atoms with E-state index in [1.165, 1.54) is 12.8 Å². The zero-order valence-corrected chi connectivity index (χ0v) is 13.6. The second-order valence-electron chi connectivity index (χ2n) is 4.76. The monoisotopic (exact) mass is 362 g/mol. The molecule has 1 fully saturated rings. The third kappa shape index (κ3) is 4.96. The molecule has 0 spiro atoms. The van der Waals surface area contributed by atoms with Crippen LogP contribution < -0.4 is 11.1 Å². The van der Waals surface area contributed by atoms with E-state index in [9.17, 15) is 4.79 Å². The Morgan fingerprint density at radius 3 is 2.75 bits per heavy atom. The van der Waals surface area contributed by atoms with Gasteiger partial charge in [0.1, 0.15) is 0 Å². The summed E-state index contributed by atoms with van der Waals surface area (Å²) in [4.78, 5) is 11.9. The Morgan fingerprint density at radius 1 is 1.40 bits per heavy atom. The first-order chi connectivity index (χ1) is 9.16. The third-order valence-electron chi connectivity index (χ3n) is 3.30. The van der Waals surface area contributed by atoms with Gasteiger partial charge in [0.05, 0.1) is 18.3 Å². The lowest BCUT2D eigenvalue weighted by molar-refractivity contribution is 0.0582. The van der Waals surface area contributed by atoms with E-state index < -0.39 is 0 Å². The zero-order chi connectivity index (χ0) is 13.7. The number of rotatable bonds is 5. The van der Waals surface area contributed by atoms with E-state index in [2.05, 4.69) is 21.2 Å². The lowest BCUT2D eigenvalue weighted by atomic mass is 10.1. The molecule has 0 aliphatic heterocycles. The second kappa shape index (κ2) is 8.49. The predicted octanol–water partition coefficient (Wildman–Crippen LogP) is 3.14. The highest BCUT2D eigenvalue weighted by atomic mass is 79.9. The predicted molar refractivity (Wildman–Crippen MR) is 86.3 cm³/mol. The number of benzene rings is 1. The van der Waals surface area contributed by atoms with Gasteiger partial charge in [0.2, 0.25) is 0 Å². The molecule has 0 saturated heterocycles. The molecule has 20 heavy (non-hydrogen) atoms. The zero-order valence-electron chi connectivity index (χ0n) is 11.2. The molecule has 0 radical (unpaired) electrons. The van der Waals surface area contributed by atoms with E-state index in [-0.39, 0.29) is 18.3 Å². The number of carbonyl (C=O) groups excluding carboxylic acids is 1. The molecule has 1 amide bonds. The Balaban J connectivity index is 0.00000200. The fourth-order valence-corrected chi connectivity index (χ4v) is 2.66.